The Morgan fingerprint density at radius 1 is 1.28 bits per heavy atom. The van der Waals surface area contributed by atoms with Crippen LogP contribution in [0.25, 0.3) is 5.69 Å². The molecular weight excluding hydrogens is 324 g/mol. The zero-order valence-electron chi connectivity index (χ0n) is 14.4. The van der Waals surface area contributed by atoms with Gasteiger partial charge in [-0.1, -0.05) is 5.21 Å². The third kappa shape index (κ3) is 2.95. The van der Waals surface area contributed by atoms with Crippen molar-refractivity contribution < 1.29 is 19.4 Å². The van der Waals surface area contributed by atoms with Crippen molar-refractivity contribution in [2.24, 2.45) is 5.41 Å². The summed E-state index contributed by atoms with van der Waals surface area (Å²) in [4.78, 5) is 25.6. The number of benzene rings is 1. The van der Waals surface area contributed by atoms with E-state index in [0.29, 0.717) is 18.7 Å². The molecule has 1 aliphatic rings. The van der Waals surface area contributed by atoms with Gasteiger partial charge in [-0.2, -0.15) is 0 Å². The topological polar surface area (TPSA) is 97.5 Å². The maximum Gasteiger partial charge on any atom is 0.311 e. The second kappa shape index (κ2) is 6.19. The van der Waals surface area contributed by atoms with E-state index in [4.69, 9.17) is 4.74 Å². The number of ether oxygens (including phenoxy) is 1. The van der Waals surface area contributed by atoms with E-state index in [0.717, 1.165) is 11.4 Å². The van der Waals surface area contributed by atoms with Crippen LogP contribution in [0, 0.1) is 12.3 Å². The minimum atomic E-state index is -0.907. The third-order valence-electron chi connectivity index (χ3n) is 4.69. The van der Waals surface area contributed by atoms with Crippen LogP contribution in [-0.2, 0) is 4.79 Å². The molecule has 25 heavy (non-hydrogen) atoms. The molecule has 2 aromatic rings. The van der Waals surface area contributed by atoms with Gasteiger partial charge in [0.15, 0.2) is 5.69 Å². The van der Waals surface area contributed by atoms with Gasteiger partial charge in [-0.05, 0) is 44.5 Å². The number of aliphatic carboxylic acids is 1. The van der Waals surface area contributed by atoms with Crippen LogP contribution in [0.4, 0.5) is 0 Å². The summed E-state index contributed by atoms with van der Waals surface area (Å²) in [5.74, 6) is -0.452. The molecule has 1 aromatic heterocycles. The molecule has 1 aliphatic heterocycles. The Labute approximate surface area is 145 Å². The standard InChI is InChI=1S/C17H20N4O4/c1-11-14(15(22)20-9-8-17(2,10-20)16(23)24)18-19-21(11)12-4-6-13(25-3)7-5-12/h4-7H,8-10H2,1-3H3,(H,23,24). The summed E-state index contributed by atoms with van der Waals surface area (Å²) in [5.41, 5.74) is 0.710. The highest BCUT2D eigenvalue weighted by atomic mass is 16.5. The Morgan fingerprint density at radius 3 is 2.52 bits per heavy atom. The van der Waals surface area contributed by atoms with Gasteiger partial charge in [-0.3, -0.25) is 9.59 Å². The molecule has 1 saturated heterocycles. The van der Waals surface area contributed by atoms with Crippen molar-refractivity contribution >= 4 is 11.9 Å². The lowest BCUT2D eigenvalue weighted by molar-refractivity contribution is -0.147. The molecule has 8 heteroatoms. The molecule has 132 valence electrons. The highest BCUT2D eigenvalue weighted by molar-refractivity contribution is 5.94. The number of carboxylic acids is 1. The molecule has 0 radical (unpaired) electrons. The van der Waals surface area contributed by atoms with Crippen LogP contribution in [0.1, 0.15) is 29.5 Å². The lowest BCUT2D eigenvalue weighted by atomic mass is 9.90. The van der Waals surface area contributed by atoms with Gasteiger partial charge in [0.25, 0.3) is 5.91 Å². The van der Waals surface area contributed by atoms with E-state index in [1.54, 1.807) is 37.8 Å². The van der Waals surface area contributed by atoms with Crippen LogP contribution in [0.2, 0.25) is 0 Å². The fourth-order valence-electron chi connectivity index (χ4n) is 2.95. The Bertz CT molecular complexity index is 815. The molecule has 1 fully saturated rings. The largest absolute Gasteiger partial charge is 0.497 e. The first-order chi connectivity index (χ1) is 11.9. The summed E-state index contributed by atoms with van der Waals surface area (Å²) in [7, 11) is 1.59. The average Bonchev–Trinajstić information content (AvgIpc) is 3.19. The van der Waals surface area contributed by atoms with Crippen LogP contribution in [-0.4, -0.2) is 57.1 Å². The molecule has 0 bridgehead atoms. The lowest BCUT2D eigenvalue weighted by Crippen LogP contribution is -2.35. The number of methoxy groups -OCH3 is 1. The first-order valence-corrected chi connectivity index (χ1v) is 7.95. The van der Waals surface area contributed by atoms with Crippen molar-refractivity contribution in [1.82, 2.24) is 19.9 Å². The SMILES string of the molecule is COc1ccc(-n2nnc(C(=O)N3CCC(C)(C(=O)O)C3)c2C)cc1. The smallest absolute Gasteiger partial charge is 0.311 e. The van der Waals surface area contributed by atoms with Crippen LogP contribution in [0.5, 0.6) is 5.75 Å². The van der Waals surface area contributed by atoms with Crippen molar-refractivity contribution in [3.63, 3.8) is 0 Å². The summed E-state index contributed by atoms with van der Waals surface area (Å²) in [6, 6.07) is 7.26. The molecule has 1 aromatic carbocycles. The number of nitrogens with zero attached hydrogens (tertiary/aromatic N) is 4. The minimum absolute atomic E-state index is 0.177. The van der Waals surface area contributed by atoms with Crippen molar-refractivity contribution in [1.29, 1.82) is 0 Å². The molecule has 0 spiro atoms. The van der Waals surface area contributed by atoms with E-state index in [9.17, 15) is 14.7 Å². The molecule has 2 heterocycles. The van der Waals surface area contributed by atoms with Crippen LogP contribution < -0.4 is 4.74 Å². The molecule has 1 atom stereocenters. The normalized spacial score (nSPS) is 19.9. The zero-order valence-corrected chi connectivity index (χ0v) is 14.4. The highest BCUT2D eigenvalue weighted by Crippen LogP contribution is 2.31. The number of aromatic nitrogens is 3. The first kappa shape index (κ1) is 16.9. The quantitative estimate of drug-likeness (QED) is 0.903. The van der Waals surface area contributed by atoms with Gasteiger partial charge < -0.3 is 14.7 Å². The van der Waals surface area contributed by atoms with Crippen molar-refractivity contribution in [2.45, 2.75) is 20.3 Å². The summed E-state index contributed by atoms with van der Waals surface area (Å²) < 4.78 is 6.71. The van der Waals surface area contributed by atoms with Gasteiger partial charge in [-0.15, -0.1) is 5.10 Å². The fraction of sp³-hybridized carbons (Fsp3) is 0.412. The number of hydrogen-bond donors (Lipinski definition) is 1. The van der Waals surface area contributed by atoms with Crippen molar-refractivity contribution in [2.75, 3.05) is 20.2 Å². The number of carboxylic acid groups (broad SMARTS) is 1. The predicted octanol–water partition coefficient (Wildman–Crippen LogP) is 1.52. The zero-order chi connectivity index (χ0) is 18.2. The molecule has 1 unspecified atom stereocenters. The van der Waals surface area contributed by atoms with Crippen LogP contribution in [0.15, 0.2) is 24.3 Å². The van der Waals surface area contributed by atoms with E-state index in [1.165, 1.54) is 4.90 Å². The Hall–Kier alpha value is -2.90. The number of rotatable bonds is 4. The number of likely N-dealkylation sites (tertiary alicyclic amines) is 1. The number of hydrogen-bond acceptors (Lipinski definition) is 5. The number of carbonyl (C=O) groups excluding carboxylic acids is 1. The molecule has 1 N–H and O–H groups in total. The monoisotopic (exact) mass is 344 g/mol. The number of carbonyl (C=O) groups is 2. The van der Waals surface area contributed by atoms with Gasteiger partial charge >= 0.3 is 5.97 Å². The maximum absolute atomic E-state index is 12.7. The second-order valence-corrected chi connectivity index (χ2v) is 6.48. The first-order valence-electron chi connectivity index (χ1n) is 7.95. The minimum Gasteiger partial charge on any atom is -0.497 e. The van der Waals surface area contributed by atoms with E-state index in [-0.39, 0.29) is 18.1 Å². The molecule has 0 aliphatic carbocycles. The second-order valence-electron chi connectivity index (χ2n) is 6.48. The fourth-order valence-corrected chi connectivity index (χ4v) is 2.95. The van der Waals surface area contributed by atoms with Crippen LogP contribution in [0.3, 0.4) is 0 Å². The van der Waals surface area contributed by atoms with Gasteiger partial charge in [-0.25, -0.2) is 4.68 Å². The van der Waals surface area contributed by atoms with Gasteiger partial charge in [0.05, 0.1) is 23.9 Å². The summed E-state index contributed by atoms with van der Waals surface area (Å²) in [6.07, 6.45) is 0.430. The molecular formula is C17H20N4O4. The highest BCUT2D eigenvalue weighted by Gasteiger charge is 2.43. The van der Waals surface area contributed by atoms with E-state index >= 15 is 0 Å². The van der Waals surface area contributed by atoms with Gasteiger partial charge in [0.1, 0.15) is 5.75 Å². The summed E-state index contributed by atoms with van der Waals surface area (Å²) in [5, 5.41) is 17.4. The Kier molecular flexibility index (Phi) is 4.20. The summed E-state index contributed by atoms with van der Waals surface area (Å²) in [6.45, 7) is 4.00. The summed E-state index contributed by atoms with van der Waals surface area (Å²) >= 11 is 0. The third-order valence-corrected chi connectivity index (χ3v) is 4.69. The molecule has 1 amide bonds. The molecule has 3 rings (SSSR count). The average molecular weight is 344 g/mol. The molecule has 8 nitrogen and oxygen atoms in total. The lowest BCUT2D eigenvalue weighted by Gasteiger charge is -2.19. The Morgan fingerprint density at radius 2 is 1.96 bits per heavy atom. The predicted molar refractivity (Wildman–Crippen MR) is 88.9 cm³/mol. The van der Waals surface area contributed by atoms with E-state index < -0.39 is 11.4 Å². The number of amides is 1. The van der Waals surface area contributed by atoms with Gasteiger partial charge in [0.2, 0.25) is 0 Å². The van der Waals surface area contributed by atoms with Crippen molar-refractivity contribution in [3.05, 3.63) is 35.7 Å². The molecule has 0 saturated carbocycles. The van der Waals surface area contributed by atoms with Crippen molar-refractivity contribution in [3.8, 4) is 11.4 Å². The van der Waals surface area contributed by atoms with Crippen LogP contribution >= 0.6 is 0 Å². The van der Waals surface area contributed by atoms with Gasteiger partial charge in [0, 0.05) is 13.1 Å². The van der Waals surface area contributed by atoms with E-state index in [2.05, 4.69) is 10.3 Å². The maximum atomic E-state index is 12.7. The van der Waals surface area contributed by atoms with E-state index in [1.807, 2.05) is 12.1 Å². The Balaban J connectivity index is 1.83.